The van der Waals surface area contributed by atoms with Crippen LogP contribution in [0.15, 0.2) is 24.3 Å². The van der Waals surface area contributed by atoms with Gasteiger partial charge in [0.2, 0.25) is 0 Å². The number of anilines is 1. The minimum atomic E-state index is 0.868. The van der Waals surface area contributed by atoms with Crippen LogP contribution in [0.1, 0.15) is 5.56 Å². The molecule has 13 heavy (non-hydrogen) atoms. The van der Waals surface area contributed by atoms with E-state index in [0.29, 0.717) is 0 Å². The van der Waals surface area contributed by atoms with E-state index in [0.717, 1.165) is 11.3 Å². The van der Waals surface area contributed by atoms with Crippen molar-refractivity contribution in [3.8, 4) is 17.9 Å². The largest absolute Gasteiger partial charge is 0.378 e. The predicted octanol–water partition coefficient (Wildman–Crippen LogP) is 1.63. The highest BCUT2D eigenvalue weighted by molar-refractivity contribution is 5.49. The summed E-state index contributed by atoms with van der Waals surface area (Å²) in [4.78, 5) is 2.02. The molecule has 0 radical (unpaired) electrons. The fourth-order valence-electron chi connectivity index (χ4n) is 0.943. The normalized spacial score (nSPS) is 8.08. The van der Waals surface area contributed by atoms with Crippen molar-refractivity contribution in [1.29, 1.82) is 5.26 Å². The molecule has 2 heteroatoms. The first-order valence-corrected chi connectivity index (χ1v) is 3.91. The van der Waals surface area contributed by atoms with Gasteiger partial charge < -0.3 is 4.90 Å². The van der Waals surface area contributed by atoms with Crippen molar-refractivity contribution in [2.45, 2.75) is 0 Å². The average Bonchev–Trinajstić information content (AvgIpc) is 2.15. The van der Waals surface area contributed by atoms with Crippen LogP contribution in [0.3, 0.4) is 0 Å². The Kier molecular flexibility index (Phi) is 2.95. The van der Waals surface area contributed by atoms with Gasteiger partial charge in [-0.05, 0) is 24.3 Å². The predicted molar refractivity (Wildman–Crippen MR) is 53.3 cm³/mol. The number of hydrogen-bond donors (Lipinski definition) is 0. The van der Waals surface area contributed by atoms with E-state index in [1.54, 1.807) is 6.07 Å². The molecule has 1 aromatic carbocycles. The number of nitrogens with zero attached hydrogens (tertiary/aromatic N) is 2. The smallest absolute Gasteiger partial charge is 0.152 e. The van der Waals surface area contributed by atoms with E-state index in [9.17, 15) is 0 Å². The van der Waals surface area contributed by atoms with Gasteiger partial charge in [-0.3, -0.25) is 0 Å². The lowest BCUT2D eigenvalue weighted by molar-refractivity contribution is 1.13. The highest BCUT2D eigenvalue weighted by Crippen LogP contribution is 2.11. The molecule has 0 aliphatic heterocycles. The monoisotopic (exact) mass is 170 g/mol. The third-order valence-electron chi connectivity index (χ3n) is 1.65. The van der Waals surface area contributed by atoms with E-state index in [1.807, 2.05) is 43.3 Å². The summed E-state index contributed by atoms with van der Waals surface area (Å²) < 4.78 is 0. The van der Waals surface area contributed by atoms with Crippen molar-refractivity contribution in [2.24, 2.45) is 0 Å². The lowest BCUT2D eigenvalue weighted by Gasteiger charge is -2.11. The molecule has 0 spiro atoms. The van der Waals surface area contributed by atoms with Gasteiger partial charge in [0, 0.05) is 31.3 Å². The Bertz CT molecular complexity index is 371. The van der Waals surface area contributed by atoms with Crippen LogP contribution in [0.2, 0.25) is 0 Å². The second-order valence-electron chi connectivity index (χ2n) is 2.80. The third kappa shape index (κ3) is 2.54. The highest BCUT2D eigenvalue weighted by Gasteiger charge is 1.92. The van der Waals surface area contributed by atoms with E-state index >= 15 is 0 Å². The van der Waals surface area contributed by atoms with Gasteiger partial charge in [-0.15, -0.1) is 0 Å². The molecule has 1 aromatic rings. The van der Waals surface area contributed by atoms with Crippen LogP contribution >= 0.6 is 0 Å². The molecular formula is C11H10N2. The maximum absolute atomic E-state index is 8.24. The van der Waals surface area contributed by atoms with Gasteiger partial charge in [0.05, 0.1) is 0 Å². The second-order valence-corrected chi connectivity index (χ2v) is 2.80. The summed E-state index contributed by atoms with van der Waals surface area (Å²) in [6, 6.07) is 9.53. The molecule has 0 bridgehead atoms. The fourth-order valence-corrected chi connectivity index (χ4v) is 0.943. The average molecular weight is 170 g/mol. The molecule has 0 fully saturated rings. The molecule has 0 N–H and O–H groups in total. The molecule has 0 amide bonds. The van der Waals surface area contributed by atoms with Gasteiger partial charge in [0.1, 0.15) is 0 Å². The molecule has 0 aliphatic carbocycles. The first-order valence-electron chi connectivity index (χ1n) is 3.91. The molecule has 1 rings (SSSR count). The van der Waals surface area contributed by atoms with Crippen LogP contribution in [0, 0.1) is 23.2 Å². The minimum Gasteiger partial charge on any atom is -0.378 e. The number of nitriles is 1. The summed E-state index contributed by atoms with van der Waals surface area (Å²) in [6.07, 6.45) is 0. The summed E-state index contributed by atoms with van der Waals surface area (Å²) in [5, 5.41) is 8.24. The summed E-state index contributed by atoms with van der Waals surface area (Å²) in [5.74, 6) is 5.09. The van der Waals surface area contributed by atoms with Crippen LogP contribution in [-0.4, -0.2) is 14.1 Å². The van der Waals surface area contributed by atoms with E-state index < -0.39 is 0 Å². The zero-order chi connectivity index (χ0) is 9.68. The molecule has 64 valence electrons. The molecule has 0 atom stereocenters. The maximum atomic E-state index is 8.24. The molecule has 0 saturated heterocycles. The number of hydrogen-bond acceptors (Lipinski definition) is 2. The second kappa shape index (κ2) is 4.18. The van der Waals surface area contributed by atoms with E-state index in [-0.39, 0.29) is 0 Å². The summed E-state index contributed by atoms with van der Waals surface area (Å²) in [5.41, 5.74) is 2.00. The molecule has 0 aromatic heterocycles. The van der Waals surface area contributed by atoms with Crippen molar-refractivity contribution < 1.29 is 0 Å². The Hall–Kier alpha value is -1.93. The van der Waals surface area contributed by atoms with Crippen molar-refractivity contribution in [1.82, 2.24) is 0 Å². The van der Waals surface area contributed by atoms with Gasteiger partial charge in [0.25, 0.3) is 0 Å². The molecule has 0 unspecified atom stereocenters. The van der Waals surface area contributed by atoms with Crippen molar-refractivity contribution in [3.05, 3.63) is 29.8 Å². The number of rotatable bonds is 1. The van der Waals surface area contributed by atoms with Gasteiger partial charge in [-0.25, -0.2) is 0 Å². The molecule has 0 saturated carbocycles. The quantitative estimate of drug-likeness (QED) is 0.599. The fraction of sp³-hybridized carbons (Fsp3) is 0.182. The van der Waals surface area contributed by atoms with E-state index in [2.05, 4.69) is 11.8 Å². The van der Waals surface area contributed by atoms with Gasteiger partial charge >= 0.3 is 0 Å². The third-order valence-corrected chi connectivity index (χ3v) is 1.65. The highest BCUT2D eigenvalue weighted by atomic mass is 15.1. The van der Waals surface area contributed by atoms with E-state index in [4.69, 9.17) is 5.26 Å². The summed E-state index contributed by atoms with van der Waals surface area (Å²) >= 11 is 0. The Morgan fingerprint density at radius 2 is 1.77 bits per heavy atom. The van der Waals surface area contributed by atoms with Crippen LogP contribution in [0.25, 0.3) is 0 Å². The standard InChI is InChI=1S/C11H10N2/c1-13(2)11-7-5-10(6-8-11)4-3-9-12/h5-8H,1-2H3. The SMILES string of the molecule is CN(C)c1ccc(C#CC#N)cc1. The molecule has 0 heterocycles. The Balaban J connectivity index is 2.89. The van der Waals surface area contributed by atoms with Crippen molar-refractivity contribution in [2.75, 3.05) is 19.0 Å². The Morgan fingerprint density at radius 3 is 2.23 bits per heavy atom. The number of benzene rings is 1. The van der Waals surface area contributed by atoms with Gasteiger partial charge in [-0.1, -0.05) is 5.92 Å². The molecule has 0 aliphatic rings. The topological polar surface area (TPSA) is 27.0 Å². The minimum absolute atomic E-state index is 0.868. The maximum Gasteiger partial charge on any atom is 0.152 e. The van der Waals surface area contributed by atoms with Crippen LogP contribution in [-0.2, 0) is 0 Å². The van der Waals surface area contributed by atoms with Crippen LogP contribution in [0.5, 0.6) is 0 Å². The lowest BCUT2D eigenvalue weighted by atomic mass is 10.2. The van der Waals surface area contributed by atoms with E-state index in [1.165, 1.54) is 0 Å². The molecule has 2 nitrogen and oxygen atoms in total. The zero-order valence-corrected chi connectivity index (χ0v) is 7.70. The first kappa shape index (κ1) is 9.16. The van der Waals surface area contributed by atoms with Gasteiger partial charge in [-0.2, -0.15) is 5.26 Å². The lowest BCUT2D eigenvalue weighted by Crippen LogP contribution is -2.07. The van der Waals surface area contributed by atoms with Crippen molar-refractivity contribution >= 4 is 5.69 Å². The summed E-state index contributed by atoms with van der Waals surface area (Å²) in [7, 11) is 3.96. The Labute approximate surface area is 78.4 Å². The Morgan fingerprint density at radius 1 is 1.15 bits per heavy atom. The van der Waals surface area contributed by atoms with Crippen LogP contribution in [0.4, 0.5) is 5.69 Å². The van der Waals surface area contributed by atoms with Crippen LogP contribution < -0.4 is 4.90 Å². The van der Waals surface area contributed by atoms with Gasteiger partial charge in [0.15, 0.2) is 6.07 Å². The first-order chi connectivity index (χ1) is 6.24. The van der Waals surface area contributed by atoms with Crippen molar-refractivity contribution in [3.63, 3.8) is 0 Å². The zero-order valence-electron chi connectivity index (χ0n) is 7.70. The summed E-state index contributed by atoms with van der Waals surface area (Å²) in [6.45, 7) is 0. The molecular weight excluding hydrogens is 160 g/mol.